The highest BCUT2D eigenvalue weighted by Gasteiger charge is 2.15. The van der Waals surface area contributed by atoms with Crippen molar-refractivity contribution in [3.63, 3.8) is 0 Å². The Balaban J connectivity index is 2.15. The number of nitrogens with zero attached hydrogens (tertiary/aromatic N) is 1. The van der Waals surface area contributed by atoms with Crippen molar-refractivity contribution in [1.82, 2.24) is 0 Å². The van der Waals surface area contributed by atoms with Gasteiger partial charge in [0.1, 0.15) is 5.58 Å². The average Bonchev–Trinajstić information content (AvgIpc) is 2.88. The average molecular weight is 265 g/mol. The number of fused-ring (bicyclic) bond motifs is 1. The summed E-state index contributed by atoms with van der Waals surface area (Å²) in [6, 6.07) is 16.3. The Bertz CT molecular complexity index is 788. The van der Waals surface area contributed by atoms with E-state index in [1.807, 2.05) is 30.3 Å². The van der Waals surface area contributed by atoms with Crippen molar-refractivity contribution in [1.29, 1.82) is 0 Å². The van der Waals surface area contributed by atoms with Crippen LogP contribution < -0.4 is 0 Å². The predicted molar refractivity (Wildman–Crippen MR) is 77.5 cm³/mol. The molecule has 0 aliphatic heterocycles. The van der Waals surface area contributed by atoms with Crippen molar-refractivity contribution in [3.8, 4) is 0 Å². The molecular formula is C16H11NO3. The van der Waals surface area contributed by atoms with Crippen molar-refractivity contribution in [2.45, 2.75) is 0 Å². The summed E-state index contributed by atoms with van der Waals surface area (Å²) in [5, 5.41) is 12.1. The predicted octanol–water partition coefficient (Wildman–Crippen LogP) is 4.21. The SMILES string of the molecule is O=[N+]([O-])/C(=C/c1coc2ccccc12)c1ccccc1. The molecule has 20 heavy (non-hydrogen) atoms. The molecule has 0 aliphatic carbocycles. The number of hydrogen-bond acceptors (Lipinski definition) is 3. The molecule has 4 heteroatoms. The van der Waals surface area contributed by atoms with E-state index >= 15 is 0 Å². The van der Waals surface area contributed by atoms with Crippen LogP contribution in [0.4, 0.5) is 0 Å². The van der Waals surface area contributed by atoms with Crippen molar-refractivity contribution in [2.75, 3.05) is 0 Å². The second-order valence-electron chi connectivity index (χ2n) is 4.34. The first kappa shape index (κ1) is 12.2. The molecule has 0 saturated carbocycles. The zero-order chi connectivity index (χ0) is 13.9. The van der Waals surface area contributed by atoms with E-state index in [-0.39, 0.29) is 10.6 Å². The van der Waals surface area contributed by atoms with E-state index < -0.39 is 0 Å². The third kappa shape index (κ3) is 2.19. The number of furan rings is 1. The van der Waals surface area contributed by atoms with Gasteiger partial charge in [0.25, 0.3) is 5.70 Å². The summed E-state index contributed by atoms with van der Waals surface area (Å²) in [6.07, 6.45) is 3.08. The fourth-order valence-corrected chi connectivity index (χ4v) is 2.11. The van der Waals surface area contributed by atoms with E-state index in [1.165, 1.54) is 6.26 Å². The molecule has 0 spiro atoms. The van der Waals surface area contributed by atoms with Crippen LogP contribution in [0.1, 0.15) is 11.1 Å². The fourth-order valence-electron chi connectivity index (χ4n) is 2.11. The first-order chi connectivity index (χ1) is 9.75. The molecule has 4 nitrogen and oxygen atoms in total. The molecule has 1 aromatic heterocycles. The molecule has 0 unspecified atom stereocenters. The molecule has 98 valence electrons. The summed E-state index contributed by atoms with van der Waals surface area (Å²) in [7, 11) is 0. The molecule has 3 rings (SSSR count). The van der Waals surface area contributed by atoms with Crippen LogP contribution >= 0.6 is 0 Å². The first-order valence-electron chi connectivity index (χ1n) is 6.13. The normalized spacial score (nSPS) is 11.7. The number of rotatable bonds is 3. The maximum Gasteiger partial charge on any atom is 0.277 e. The lowest BCUT2D eigenvalue weighted by Gasteiger charge is -1.98. The highest BCUT2D eigenvalue weighted by atomic mass is 16.6. The van der Waals surface area contributed by atoms with E-state index in [4.69, 9.17) is 4.42 Å². The van der Waals surface area contributed by atoms with Crippen LogP contribution in [-0.4, -0.2) is 4.92 Å². The maximum atomic E-state index is 11.3. The molecule has 0 amide bonds. The minimum atomic E-state index is -0.378. The van der Waals surface area contributed by atoms with E-state index in [1.54, 1.807) is 30.3 Å². The monoisotopic (exact) mass is 265 g/mol. The van der Waals surface area contributed by atoms with Gasteiger partial charge in [0.05, 0.1) is 16.7 Å². The van der Waals surface area contributed by atoms with Gasteiger partial charge in [-0.05, 0) is 18.2 Å². The number of nitro groups is 1. The fraction of sp³-hybridized carbons (Fsp3) is 0. The number of hydrogen-bond donors (Lipinski definition) is 0. The summed E-state index contributed by atoms with van der Waals surface area (Å²) in [5.74, 6) is 0. The summed E-state index contributed by atoms with van der Waals surface area (Å²) in [6.45, 7) is 0. The minimum Gasteiger partial charge on any atom is -0.464 e. The van der Waals surface area contributed by atoms with Gasteiger partial charge in [-0.25, -0.2) is 0 Å². The molecule has 0 fully saturated rings. The Kier molecular flexibility index (Phi) is 3.05. The van der Waals surface area contributed by atoms with Crippen molar-refractivity contribution in [3.05, 3.63) is 82.1 Å². The van der Waals surface area contributed by atoms with Crippen LogP contribution in [-0.2, 0) is 0 Å². The van der Waals surface area contributed by atoms with Crippen LogP contribution in [0.3, 0.4) is 0 Å². The van der Waals surface area contributed by atoms with Gasteiger partial charge in [0, 0.05) is 17.0 Å². The quantitative estimate of drug-likeness (QED) is 0.526. The lowest BCUT2D eigenvalue weighted by Crippen LogP contribution is -1.97. The van der Waals surface area contributed by atoms with Gasteiger partial charge in [-0.15, -0.1) is 0 Å². The summed E-state index contributed by atoms with van der Waals surface area (Å²) >= 11 is 0. The number of para-hydroxylation sites is 1. The van der Waals surface area contributed by atoms with Crippen LogP contribution in [0.2, 0.25) is 0 Å². The molecular weight excluding hydrogens is 254 g/mol. The lowest BCUT2D eigenvalue weighted by molar-refractivity contribution is -0.374. The van der Waals surface area contributed by atoms with Gasteiger partial charge in [-0.3, -0.25) is 10.1 Å². The van der Waals surface area contributed by atoms with Gasteiger partial charge >= 0.3 is 0 Å². The Morgan fingerprint density at radius 1 is 1.05 bits per heavy atom. The van der Waals surface area contributed by atoms with Gasteiger partial charge in [0.15, 0.2) is 0 Å². The van der Waals surface area contributed by atoms with E-state index in [0.717, 1.165) is 11.0 Å². The Hall–Kier alpha value is -2.88. The van der Waals surface area contributed by atoms with E-state index in [0.29, 0.717) is 11.1 Å². The van der Waals surface area contributed by atoms with Crippen molar-refractivity contribution < 1.29 is 9.34 Å². The Labute approximate surface area is 115 Å². The maximum absolute atomic E-state index is 11.3. The molecule has 3 aromatic rings. The molecule has 1 heterocycles. The smallest absolute Gasteiger partial charge is 0.277 e. The summed E-state index contributed by atoms with van der Waals surface area (Å²) in [4.78, 5) is 10.9. The van der Waals surface area contributed by atoms with Crippen molar-refractivity contribution >= 4 is 22.7 Å². The third-order valence-corrected chi connectivity index (χ3v) is 3.07. The largest absolute Gasteiger partial charge is 0.464 e. The molecule has 0 radical (unpaired) electrons. The summed E-state index contributed by atoms with van der Waals surface area (Å²) < 4.78 is 5.40. The zero-order valence-electron chi connectivity index (χ0n) is 10.5. The van der Waals surface area contributed by atoms with E-state index in [2.05, 4.69) is 0 Å². The Morgan fingerprint density at radius 2 is 1.75 bits per heavy atom. The second kappa shape index (κ2) is 5.01. The number of benzene rings is 2. The molecule has 0 bridgehead atoms. The second-order valence-corrected chi connectivity index (χ2v) is 4.34. The molecule has 0 saturated heterocycles. The summed E-state index contributed by atoms with van der Waals surface area (Å²) in [5.41, 5.74) is 2.05. The van der Waals surface area contributed by atoms with Crippen LogP contribution in [0.15, 0.2) is 65.3 Å². The first-order valence-corrected chi connectivity index (χ1v) is 6.13. The third-order valence-electron chi connectivity index (χ3n) is 3.07. The topological polar surface area (TPSA) is 56.3 Å². The van der Waals surface area contributed by atoms with E-state index in [9.17, 15) is 10.1 Å². The molecule has 0 atom stereocenters. The Morgan fingerprint density at radius 3 is 2.50 bits per heavy atom. The molecule has 0 aliphatic rings. The molecule has 0 N–H and O–H groups in total. The van der Waals surface area contributed by atoms with Gasteiger partial charge in [-0.1, -0.05) is 36.4 Å². The lowest BCUT2D eigenvalue weighted by atomic mass is 10.1. The van der Waals surface area contributed by atoms with Crippen LogP contribution in [0, 0.1) is 10.1 Å². The highest BCUT2D eigenvalue weighted by Crippen LogP contribution is 2.26. The van der Waals surface area contributed by atoms with Crippen LogP contribution in [0.25, 0.3) is 22.7 Å². The van der Waals surface area contributed by atoms with Gasteiger partial charge in [-0.2, -0.15) is 0 Å². The van der Waals surface area contributed by atoms with Gasteiger partial charge in [0.2, 0.25) is 0 Å². The highest BCUT2D eigenvalue weighted by molar-refractivity contribution is 5.91. The van der Waals surface area contributed by atoms with Crippen LogP contribution in [0.5, 0.6) is 0 Å². The minimum absolute atomic E-state index is 0.0529. The standard InChI is InChI=1S/C16H11NO3/c18-17(19)15(12-6-2-1-3-7-12)10-13-11-20-16-9-5-4-8-14(13)16/h1-11H/b15-10+. The van der Waals surface area contributed by atoms with Gasteiger partial charge < -0.3 is 4.42 Å². The zero-order valence-corrected chi connectivity index (χ0v) is 10.5. The van der Waals surface area contributed by atoms with Crippen molar-refractivity contribution in [2.24, 2.45) is 0 Å². The molecule has 2 aromatic carbocycles.